The zero-order chi connectivity index (χ0) is 18.9. The van der Waals surface area contributed by atoms with Gasteiger partial charge in [0.2, 0.25) is 10.0 Å². The van der Waals surface area contributed by atoms with Gasteiger partial charge >= 0.3 is 5.69 Å². The minimum atomic E-state index is -3.75. The average Bonchev–Trinajstić information content (AvgIpc) is 3.12. The lowest BCUT2D eigenvalue weighted by Gasteiger charge is -2.23. The average molecular weight is 415 g/mol. The first kappa shape index (κ1) is 19.0. The van der Waals surface area contributed by atoms with Gasteiger partial charge in [-0.3, -0.25) is 10.1 Å². The second-order valence-electron chi connectivity index (χ2n) is 5.48. The minimum Gasteiger partial charge on any atom is -0.490 e. The lowest BCUT2D eigenvalue weighted by molar-refractivity contribution is -0.385. The van der Waals surface area contributed by atoms with E-state index in [1.807, 2.05) is 0 Å². The van der Waals surface area contributed by atoms with Crippen LogP contribution in [0.5, 0.6) is 5.75 Å². The topological polar surface area (TPSA) is 89.8 Å². The molecule has 1 aliphatic rings. The maximum atomic E-state index is 13.0. The van der Waals surface area contributed by atoms with Crippen LogP contribution >= 0.6 is 23.4 Å². The number of methoxy groups -OCH3 is 1. The van der Waals surface area contributed by atoms with E-state index in [4.69, 9.17) is 16.3 Å². The third kappa shape index (κ3) is 3.52. The van der Waals surface area contributed by atoms with Gasteiger partial charge in [0, 0.05) is 23.4 Å². The summed E-state index contributed by atoms with van der Waals surface area (Å²) in [6.07, 6.45) is 0. The molecule has 1 aliphatic heterocycles. The van der Waals surface area contributed by atoms with Crippen molar-refractivity contribution in [3.8, 4) is 5.75 Å². The van der Waals surface area contributed by atoms with Crippen molar-refractivity contribution in [2.24, 2.45) is 0 Å². The second-order valence-corrected chi connectivity index (χ2v) is 9.00. The Kier molecular flexibility index (Phi) is 5.42. The molecule has 0 aliphatic carbocycles. The summed E-state index contributed by atoms with van der Waals surface area (Å²) < 4.78 is 32.3. The van der Waals surface area contributed by atoms with Crippen molar-refractivity contribution in [2.45, 2.75) is 10.3 Å². The molecule has 0 radical (unpaired) electrons. The molecule has 1 atom stereocenters. The smallest absolute Gasteiger partial charge is 0.311 e. The summed E-state index contributed by atoms with van der Waals surface area (Å²) in [6, 6.07) is 10.4. The molecule has 26 heavy (non-hydrogen) atoms. The molecule has 0 bridgehead atoms. The fourth-order valence-electron chi connectivity index (χ4n) is 2.71. The highest BCUT2D eigenvalue weighted by atomic mass is 35.5. The summed E-state index contributed by atoms with van der Waals surface area (Å²) in [5.74, 6) is 0.728. The van der Waals surface area contributed by atoms with E-state index < -0.39 is 20.3 Å². The molecular weight excluding hydrogens is 400 g/mol. The van der Waals surface area contributed by atoms with Gasteiger partial charge in [-0.05, 0) is 35.9 Å². The quantitative estimate of drug-likeness (QED) is 0.547. The molecule has 0 unspecified atom stereocenters. The van der Waals surface area contributed by atoms with Crippen LogP contribution in [0, 0.1) is 10.1 Å². The molecule has 3 rings (SSSR count). The van der Waals surface area contributed by atoms with Crippen LogP contribution in [0.1, 0.15) is 10.9 Å². The number of hydrogen-bond donors (Lipinski definition) is 0. The number of thioether (sulfide) groups is 1. The van der Waals surface area contributed by atoms with Gasteiger partial charge < -0.3 is 4.74 Å². The molecule has 0 spiro atoms. The zero-order valence-electron chi connectivity index (χ0n) is 13.7. The van der Waals surface area contributed by atoms with Crippen LogP contribution in [0.25, 0.3) is 0 Å². The first-order chi connectivity index (χ1) is 12.3. The Balaban J connectivity index is 1.99. The van der Waals surface area contributed by atoms with E-state index >= 15 is 0 Å². The molecule has 2 aromatic rings. The molecule has 0 aromatic heterocycles. The number of nitro benzene ring substituents is 1. The first-order valence-corrected chi connectivity index (χ1v) is 10.4. The van der Waals surface area contributed by atoms with Crippen LogP contribution in [-0.4, -0.2) is 37.1 Å². The predicted molar refractivity (Wildman–Crippen MR) is 100 cm³/mol. The number of nitro groups is 1. The number of ether oxygens (including phenoxy) is 1. The van der Waals surface area contributed by atoms with Crippen LogP contribution in [0.2, 0.25) is 5.02 Å². The Hall–Kier alpha value is -1.81. The standard InChI is InChI=1S/C16H15ClN2O5S2/c1-24-15-7-2-11(10-14(15)19(20)21)16-18(8-9-25-16)26(22,23)13-5-3-12(17)4-6-13/h2-7,10,16H,8-9H2,1H3/t16-/m1/s1. The van der Waals surface area contributed by atoms with E-state index in [9.17, 15) is 18.5 Å². The third-order valence-corrected chi connectivity index (χ3v) is 7.48. The molecule has 10 heteroatoms. The summed E-state index contributed by atoms with van der Waals surface area (Å²) in [6.45, 7) is 0.320. The fraction of sp³-hybridized carbons (Fsp3) is 0.250. The number of nitrogens with zero attached hydrogens (tertiary/aromatic N) is 2. The Labute approximate surface area is 160 Å². The molecule has 7 nitrogen and oxygen atoms in total. The maximum absolute atomic E-state index is 13.0. The van der Waals surface area contributed by atoms with Crippen molar-refractivity contribution in [1.29, 1.82) is 0 Å². The van der Waals surface area contributed by atoms with Crippen molar-refractivity contribution >= 4 is 39.1 Å². The lowest BCUT2D eigenvalue weighted by Crippen LogP contribution is -2.30. The molecule has 0 saturated carbocycles. The van der Waals surface area contributed by atoms with Crippen molar-refractivity contribution in [3.05, 3.63) is 63.2 Å². The van der Waals surface area contributed by atoms with Crippen LogP contribution < -0.4 is 4.74 Å². The normalized spacial score (nSPS) is 18.0. The van der Waals surface area contributed by atoms with E-state index in [1.54, 1.807) is 6.07 Å². The molecule has 2 aromatic carbocycles. The van der Waals surface area contributed by atoms with Gasteiger partial charge in [-0.1, -0.05) is 17.7 Å². The van der Waals surface area contributed by atoms with Gasteiger partial charge in [-0.2, -0.15) is 4.31 Å². The highest BCUT2D eigenvalue weighted by Crippen LogP contribution is 2.43. The SMILES string of the molecule is COc1ccc([C@H]2SCCN2S(=O)(=O)c2ccc(Cl)cc2)cc1[N+](=O)[O-]. The van der Waals surface area contributed by atoms with E-state index in [0.717, 1.165) is 0 Å². The highest BCUT2D eigenvalue weighted by molar-refractivity contribution is 8.01. The van der Waals surface area contributed by atoms with E-state index in [-0.39, 0.29) is 16.3 Å². The van der Waals surface area contributed by atoms with Gasteiger partial charge in [0.1, 0.15) is 0 Å². The zero-order valence-corrected chi connectivity index (χ0v) is 16.1. The number of benzene rings is 2. The van der Waals surface area contributed by atoms with Crippen molar-refractivity contribution in [2.75, 3.05) is 19.4 Å². The predicted octanol–water partition coefficient (Wildman–Crippen LogP) is 3.69. The summed E-state index contributed by atoms with van der Waals surface area (Å²) in [5.41, 5.74) is 0.346. The van der Waals surface area contributed by atoms with E-state index in [1.165, 1.54) is 59.6 Å². The van der Waals surface area contributed by atoms with Crippen molar-refractivity contribution < 1.29 is 18.1 Å². The van der Waals surface area contributed by atoms with E-state index in [2.05, 4.69) is 0 Å². The molecular formula is C16H15ClN2O5S2. The summed E-state index contributed by atoms with van der Waals surface area (Å²) in [4.78, 5) is 10.8. The Morgan fingerprint density at radius 1 is 1.27 bits per heavy atom. The fourth-order valence-corrected chi connectivity index (χ4v) is 6.07. The Bertz CT molecular complexity index is 934. The minimum absolute atomic E-state index is 0.133. The monoisotopic (exact) mass is 414 g/mol. The van der Waals surface area contributed by atoms with Gasteiger partial charge in [-0.15, -0.1) is 11.8 Å². The second kappa shape index (κ2) is 7.43. The van der Waals surface area contributed by atoms with Gasteiger partial charge in [0.05, 0.1) is 22.3 Å². The van der Waals surface area contributed by atoms with Gasteiger partial charge in [-0.25, -0.2) is 8.42 Å². The van der Waals surface area contributed by atoms with Crippen LogP contribution in [0.3, 0.4) is 0 Å². The third-order valence-electron chi connectivity index (χ3n) is 3.95. The first-order valence-electron chi connectivity index (χ1n) is 7.56. The summed E-state index contributed by atoms with van der Waals surface area (Å²) >= 11 is 7.25. The van der Waals surface area contributed by atoms with Crippen LogP contribution in [0.4, 0.5) is 5.69 Å². The Morgan fingerprint density at radius 3 is 2.58 bits per heavy atom. The van der Waals surface area contributed by atoms with Crippen molar-refractivity contribution in [1.82, 2.24) is 4.31 Å². The summed E-state index contributed by atoms with van der Waals surface area (Å²) in [5, 5.41) is 11.2. The number of halogens is 1. The highest BCUT2D eigenvalue weighted by Gasteiger charge is 2.37. The molecule has 1 fully saturated rings. The van der Waals surface area contributed by atoms with Crippen molar-refractivity contribution in [3.63, 3.8) is 0 Å². The number of rotatable bonds is 5. The largest absolute Gasteiger partial charge is 0.490 e. The number of hydrogen-bond acceptors (Lipinski definition) is 6. The lowest BCUT2D eigenvalue weighted by atomic mass is 10.2. The van der Waals surface area contributed by atoms with Gasteiger partial charge in [0.15, 0.2) is 5.75 Å². The molecule has 1 saturated heterocycles. The van der Waals surface area contributed by atoms with E-state index in [0.29, 0.717) is 22.9 Å². The van der Waals surface area contributed by atoms with Crippen LogP contribution in [-0.2, 0) is 10.0 Å². The number of sulfonamides is 1. The molecule has 1 heterocycles. The Morgan fingerprint density at radius 2 is 1.96 bits per heavy atom. The molecule has 0 amide bonds. The molecule has 0 N–H and O–H groups in total. The molecule has 138 valence electrons. The van der Waals surface area contributed by atoms with Gasteiger partial charge in [0.25, 0.3) is 0 Å². The maximum Gasteiger partial charge on any atom is 0.311 e. The summed E-state index contributed by atoms with van der Waals surface area (Å²) in [7, 11) is -2.40. The van der Waals surface area contributed by atoms with Crippen LogP contribution in [0.15, 0.2) is 47.4 Å².